The molecule has 4 rings (SSSR count). The smallest absolute Gasteiger partial charge is 0.295 e. The number of nitrogens with zero attached hydrogens (tertiary/aromatic N) is 1. The van der Waals surface area contributed by atoms with Gasteiger partial charge in [0.15, 0.2) is 11.5 Å². The number of likely N-dealkylation sites (tertiary alicyclic amines) is 1. The van der Waals surface area contributed by atoms with E-state index in [0.717, 1.165) is 18.4 Å². The van der Waals surface area contributed by atoms with Crippen molar-refractivity contribution in [1.82, 2.24) is 4.90 Å². The zero-order valence-electron chi connectivity index (χ0n) is 17.5. The number of rotatable bonds is 6. The third-order valence-electron chi connectivity index (χ3n) is 5.74. The average molecular weight is 423 g/mol. The van der Waals surface area contributed by atoms with E-state index in [0.29, 0.717) is 30.2 Å². The van der Waals surface area contributed by atoms with Crippen LogP contribution in [0.5, 0.6) is 11.5 Å². The zero-order chi connectivity index (χ0) is 22.0. The Morgan fingerprint density at radius 2 is 1.84 bits per heavy atom. The molecule has 2 aliphatic rings. The molecule has 2 fully saturated rings. The number of methoxy groups -OCH3 is 2. The van der Waals surface area contributed by atoms with Gasteiger partial charge in [-0.05, 0) is 36.6 Å². The number of benzene rings is 2. The fourth-order valence-electron chi connectivity index (χ4n) is 4.20. The lowest BCUT2D eigenvalue weighted by molar-refractivity contribution is -0.140. The molecule has 0 spiro atoms. The first-order valence-electron chi connectivity index (χ1n) is 10.2. The van der Waals surface area contributed by atoms with Gasteiger partial charge in [0, 0.05) is 18.7 Å². The van der Waals surface area contributed by atoms with Gasteiger partial charge < -0.3 is 24.2 Å². The van der Waals surface area contributed by atoms with Crippen LogP contribution in [-0.4, -0.2) is 55.2 Å². The Bertz CT molecular complexity index is 1010. The first-order valence-corrected chi connectivity index (χ1v) is 10.2. The second-order valence-electron chi connectivity index (χ2n) is 7.57. The Labute approximate surface area is 180 Å². The summed E-state index contributed by atoms with van der Waals surface area (Å²) < 4.78 is 16.3. The van der Waals surface area contributed by atoms with E-state index >= 15 is 0 Å². The average Bonchev–Trinajstić information content (AvgIpc) is 3.41. The molecule has 0 radical (unpaired) electrons. The quantitative estimate of drug-likeness (QED) is 0.436. The van der Waals surface area contributed by atoms with Gasteiger partial charge in [0.25, 0.3) is 11.7 Å². The van der Waals surface area contributed by atoms with Crippen molar-refractivity contribution in [3.63, 3.8) is 0 Å². The molecule has 1 amide bonds. The largest absolute Gasteiger partial charge is 0.507 e. The summed E-state index contributed by atoms with van der Waals surface area (Å²) in [6, 6.07) is 13.4. The lowest BCUT2D eigenvalue weighted by Gasteiger charge is -2.27. The van der Waals surface area contributed by atoms with E-state index in [1.807, 2.05) is 30.3 Å². The monoisotopic (exact) mass is 423 g/mol. The highest BCUT2D eigenvalue weighted by molar-refractivity contribution is 6.46. The number of carbonyl (C=O) groups excluding carboxylic acids is 2. The molecule has 0 aromatic heterocycles. The maximum absolute atomic E-state index is 13.1. The minimum absolute atomic E-state index is 0.0569. The molecule has 2 aromatic rings. The van der Waals surface area contributed by atoms with Crippen LogP contribution < -0.4 is 9.47 Å². The number of amides is 1. The van der Waals surface area contributed by atoms with E-state index < -0.39 is 17.7 Å². The molecule has 2 saturated heterocycles. The summed E-state index contributed by atoms with van der Waals surface area (Å²) >= 11 is 0. The van der Waals surface area contributed by atoms with E-state index in [2.05, 4.69) is 0 Å². The highest BCUT2D eigenvalue weighted by Crippen LogP contribution is 2.41. The number of aliphatic hydroxyl groups is 1. The number of hydrogen-bond acceptors (Lipinski definition) is 6. The number of hydrogen-bond donors (Lipinski definition) is 1. The van der Waals surface area contributed by atoms with E-state index in [1.165, 1.54) is 19.1 Å². The summed E-state index contributed by atoms with van der Waals surface area (Å²) in [5.74, 6) is -0.678. The molecule has 7 nitrogen and oxygen atoms in total. The highest BCUT2D eigenvalue weighted by Gasteiger charge is 2.47. The SMILES string of the molecule is COc1ccc(/C(O)=C2/C(=O)C(=O)N(CC3CCCO3)C2c2ccccc2)cc1OC. The number of ether oxygens (including phenoxy) is 3. The van der Waals surface area contributed by atoms with Gasteiger partial charge in [-0.25, -0.2) is 0 Å². The van der Waals surface area contributed by atoms with Gasteiger partial charge in [-0.2, -0.15) is 0 Å². The van der Waals surface area contributed by atoms with Gasteiger partial charge in [-0.15, -0.1) is 0 Å². The molecule has 7 heteroatoms. The van der Waals surface area contributed by atoms with Crippen LogP contribution in [0, 0.1) is 0 Å². The van der Waals surface area contributed by atoms with Gasteiger partial charge in [-0.1, -0.05) is 30.3 Å². The topological polar surface area (TPSA) is 85.3 Å². The van der Waals surface area contributed by atoms with E-state index in [4.69, 9.17) is 14.2 Å². The van der Waals surface area contributed by atoms with Crippen LogP contribution in [0.3, 0.4) is 0 Å². The van der Waals surface area contributed by atoms with Crippen molar-refractivity contribution < 1.29 is 28.9 Å². The highest BCUT2D eigenvalue weighted by atomic mass is 16.5. The molecule has 0 aliphatic carbocycles. The Morgan fingerprint density at radius 1 is 1.10 bits per heavy atom. The third kappa shape index (κ3) is 3.88. The van der Waals surface area contributed by atoms with Crippen LogP contribution in [0.2, 0.25) is 0 Å². The summed E-state index contributed by atoms with van der Waals surface area (Å²) in [7, 11) is 3.01. The Hall–Kier alpha value is -3.32. The fourth-order valence-corrected chi connectivity index (χ4v) is 4.20. The predicted molar refractivity (Wildman–Crippen MR) is 114 cm³/mol. The normalized spacial score (nSPS) is 22.7. The molecule has 0 bridgehead atoms. The number of ketones is 1. The lowest BCUT2D eigenvalue weighted by atomic mass is 9.95. The third-order valence-corrected chi connectivity index (χ3v) is 5.74. The summed E-state index contributed by atoms with van der Waals surface area (Å²) in [6.07, 6.45) is 1.64. The number of aliphatic hydroxyl groups excluding tert-OH is 1. The van der Waals surface area contributed by atoms with Crippen LogP contribution in [0.4, 0.5) is 0 Å². The molecular formula is C24H25NO6. The lowest BCUT2D eigenvalue weighted by Crippen LogP contribution is -2.36. The van der Waals surface area contributed by atoms with Crippen LogP contribution >= 0.6 is 0 Å². The molecule has 2 aromatic carbocycles. The standard InChI is InChI=1S/C24H25NO6/c1-29-18-11-10-16(13-19(18)30-2)22(26)20-21(15-7-4-3-5-8-15)25(24(28)23(20)27)14-17-9-6-12-31-17/h3-5,7-8,10-11,13,17,21,26H,6,9,12,14H2,1-2H3/b22-20-. The predicted octanol–water partition coefficient (Wildman–Crippen LogP) is 3.30. The first-order chi connectivity index (χ1) is 15.0. The number of carbonyl (C=O) groups is 2. The van der Waals surface area contributed by atoms with Crippen LogP contribution in [0.25, 0.3) is 5.76 Å². The fraction of sp³-hybridized carbons (Fsp3) is 0.333. The first kappa shape index (κ1) is 20.9. The molecule has 2 unspecified atom stereocenters. The van der Waals surface area contributed by atoms with Crippen molar-refractivity contribution in [1.29, 1.82) is 0 Å². The Morgan fingerprint density at radius 3 is 2.48 bits per heavy atom. The van der Waals surface area contributed by atoms with Crippen molar-refractivity contribution >= 4 is 17.4 Å². The second kappa shape index (κ2) is 8.81. The second-order valence-corrected chi connectivity index (χ2v) is 7.57. The minimum Gasteiger partial charge on any atom is -0.507 e. The van der Waals surface area contributed by atoms with Gasteiger partial charge in [-0.3, -0.25) is 9.59 Å². The zero-order valence-corrected chi connectivity index (χ0v) is 17.5. The summed E-state index contributed by atoms with van der Waals surface area (Å²) in [4.78, 5) is 27.6. The molecule has 0 saturated carbocycles. The van der Waals surface area contributed by atoms with E-state index in [1.54, 1.807) is 18.2 Å². The van der Waals surface area contributed by atoms with Gasteiger partial charge in [0.1, 0.15) is 5.76 Å². The van der Waals surface area contributed by atoms with E-state index in [9.17, 15) is 14.7 Å². The molecule has 162 valence electrons. The van der Waals surface area contributed by atoms with Crippen LogP contribution in [0.15, 0.2) is 54.1 Å². The number of Topliss-reactive ketones (excluding diaryl/α,β-unsaturated/α-hetero) is 1. The van der Waals surface area contributed by atoms with Crippen LogP contribution in [0.1, 0.15) is 30.0 Å². The van der Waals surface area contributed by atoms with Crippen molar-refractivity contribution in [3.8, 4) is 11.5 Å². The summed E-state index contributed by atoms with van der Waals surface area (Å²) in [5, 5.41) is 11.2. The Balaban J connectivity index is 1.82. The maximum Gasteiger partial charge on any atom is 0.295 e. The molecule has 2 atom stereocenters. The molecule has 1 N–H and O–H groups in total. The summed E-state index contributed by atoms with van der Waals surface area (Å²) in [6.45, 7) is 0.948. The molecule has 31 heavy (non-hydrogen) atoms. The van der Waals surface area contributed by atoms with Gasteiger partial charge >= 0.3 is 0 Å². The molecule has 2 aliphatic heterocycles. The summed E-state index contributed by atoms with van der Waals surface area (Å²) in [5.41, 5.74) is 1.18. The van der Waals surface area contributed by atoms with Crippen molar-refractivity contribution in [3.05, 3.63) is 65.2 Å². The van der Waals surface area contributed by atoms with Gasteiger partial charge in [0.05, 0.1) is 31.9 Å². The maximum atomic E-state index is 13.1. The van der Waals surface area contributed by atoms with Crippen LogP contribution in [-0.2, 0) is 14.3 Å². The molecule has 2 heterocycles. The van der Waals surface area contributed by atoms with E-state index in [-0.39, 0.29) is 17.4 Å². The minimum atomic E-state index is -0.709. The Kier molecular flexibility index (Phi) is 5.95. The van der Waals surface area contributed by atoms with Crippen molar-refractivity contribution in [2.24, 2.45) is 0 Å². The van der Waals surface area contributed by atoms with Crippen molar-refractivity contribution in [2.45, 2.75) is 25.0 Å². The van der Waals surface area contributed by atoms with Gasteiger partial charge in [0.2, 0.25) is 0 Å². The molecular weight excluding hydrogens is 398 g/mol. The van der Waals surface area contributed by atoms with Crippen molar-refractivity contribution in [2.75, 3.05) is 27.4 Å².